The lowest BCUT2D eigenvalue weighted by Crippen LogP contribution is -2.00. The van der Waals surface area contributed by atoms with Crippen LogP contribution in [0.1, 0.15) is 11.1 Å². The normalized spacial score (nSPS) is 11.0. The van der Waals surface area contributed by atoms with Gasteiger partial charge in [0.2, 0.25) is 4.77 Å². The van der Waals surface area contributed by atoms with E-state index in [4.69, 9.17) is 44.9 Å². The molecule has 0 aliphatic rings. The first-order valence-electron chi connectivity index (χ1n) is 7.48. The van der Waals surface area contributed by atoms with Crippen LogP contribution in [0.25, 0.3) is 0 Å². The molecule has 0 aliphatic heterocycles. The molecule has 3 rings (SSSR count). The predicted molar refractivity (Wildman–Crippen MR) is 104 cm³/mol. The zero-order valence-electron chi connectivity index (χ0n) is 13.6. The fourth-order valence-electron chi connectivity index (χ4n) is 2.19. The summed E-state index contributed by atoms with van der Waals surface area (Å²) in [6, 6.07) is 10.7. The minimum absolute atomic E-state index is 0.275. The molecular formula is C17H14Cl2N4O2S. The minimum atomic E-state index is 0.275. The molecule has 6 nitrogen and oxygen atoms in total. The van der Waals surface area contributed by atoms with Gasteiger partial charge < -0.3 is 9.47 Å². The Hall–Kier alpha value is -2.35. The van der Waals surface area contributed by atoms with Gasteiger partial charge in [-0.1, -0.05) is 23.2 Å². The average Bonchev–Trinajstić information content (AvgIpc) is 3.04. The molecule has 0 atom stereocenters. The SMILES string of the molecule is COc1ccc(/C=N\n2cn[nH]c2=S)cc1COc1ccc(Cl)cc1Cl. The molecule has 134 valence electrons. The maximum atomic E-state index is 6.14. The highest BCUT2D eigenvalue weighted by Crippen LogP contribution is 2.29. The fraction of sp³-hybridized carbons (Fsp3) is 0.118. The van der Waals surface area contributed by atoms with E-state index in [2.05, 4.69) is 15.3 Å². The first-order valence-corrected chi connectivity index (χ1v) is 8.64. The molecule has 0 bridgehead atoms. The summed E-state index contributed by atoms with van der Waals surface area (Å²) < 4.78 is 13.1. The van der Waals surface area contributed by atoms with Crippen LogP contribution in [0.4, 0.5) is 0 Å². The summed E-state index contributed by atoms with van der Waals surface area (Å²) in [4.78, 5) is 0. The highest BCUT2D eigenvalue weighted by Gasteiger charge is 2.08. The first kappa shape index (κ1) is 18.4. The number of aromatic amines is 1. The van der Waals surface area contributed by atoms with Gasteiger partial charge >= 0.3 is 0 Å². The number of halogens is 2. The van der Waals surface area contributed by atoms with Gasteiger partial charge in [-0.05, 0) is 54.2 Å². The molecular weight excluding hydrogens is 395 g/mol. The van der Waals surface area contributed by atoms with Crippen LogP contribution in [0, 0.1) is 4.77 Å². The maximum absolute atomic E-state index is 6.14. The van der Waals surface area contributed by atoms with E-state index in [0.717, 1.165) is 11.1 Å². The van der Waals surface area contributed by atoms with E-state index in [1.54, 1.807) is 31.5 Å². The molecule has 0 fully saturated rings. The van der Waals surface area contributed by atoms with Gasteiger partial charge in [0.25, 0.3) is 0 Å². The van der Waals surface area contributed by atoms with Crippen molar-refractivity contribution in [2.75, 3.05) is 7.11 Å². The Bertz CT molecular complexity index is 1000. The number of ether oxygens (including phenoxy) is 2. The largest absolute Gasteiger partial charge is 0.496 e. The van der Waals surface area contributed by atoms with Crippen LogP contribution in [0.3, 0.4) is 0 Å². The van der Waals surface area contributed by atoms with Crippen LogP contribution in [-0.4, -0.2) is 28.2 Å². The van der Waals surface area contributed by atoms with Crippen LogP contribution in [0.15, 0.2) is 47.8 Å². The van der Waals surface area contributed by atoms with Crippen LogP contribution in [0.5, 0.6) is 11.5 Å². The highest BCUT2D eigenvalue weighted by atomic mass is 35.5. The molecule has 0 amide bonds. The molecule has 26 heavy (non-hydrogen) atoms. The number of benzene rings is 2. The molecule has 2 aromatic carbocycles. The zero-order valence-corrected chi connectivity index (χ0v) is 16.0. The van der Waals surface area contributed by atoms with E-state index in [9.17, 15) is 0 Å². The van der Waals surface area contributed by atoms with Crippen molar-refractivity contribution in [2.24, 2.45) is 5.10 Å². The van der Waals surface area contributed by atoms with Gasteiger partial charge in [0.1, 0.15) is 24.4 Å². The monoisotopic (exact) mass is 408 g/mol. The van der Waals surface area contributed by atoms with E-state index in [-0.39, 0.29) is 6.61 Å². The molecule has 9 heteroatoms. The lowest BCUT2D eigenvalue weighted by Gasteiger charge is -2.12. The molecule has 0 saturated carbocycles. The summed E-state index contributed by atoms with van der Waals surface area (Å²) >= 11 is 17.1. The lowest BCUT2D eigenvalue weighted by atomic mass is 10.1. The van der Waals surface area contributed by atoms with E-state index in [1.165, 1.54) is 11.0 Å². The third-order valence-corrected chi connectivity index (χ3v) is 4.26. The number of hydrogen-bond donors (Lipinski definition) is 1. The third-order valence-electron chi connectivity index (χ3n) is 3.45. The Labute approximate surface area is 165 Å². The predicted octanol–water partition coefficient (Wildman–Crippen LogP) is 4.72. The van der Waals surface area contributed by atoms with Gasteiger partial charge in [0.05, 0.1) is 18.3 Å². The number of nitrogens with zero attached hydrogens (tertiary/aromatic N) is 3. The molecule has 1 aromatic heterocycles. The second kappa shape index (κ2) is 8.35. The molecule has 0 saturated heterocycles. The zero-order chi connectivity index (χ0) is 18.5. The van der Waals surface area contributed by atoms with Gasteiger partial charge in [-0.15, -0.1) is 0 Å². The highest BCUT2D eigenvalue weighted by molar-refractivity contribution is 7.71. The summed E-state index contributed by atoms with van der Waals surface area (Å²) in [6.07, 6.45) is 3.17. The van der Waals surface area contributed by atoms with Crippen LogP contribution >= 0.6 is 35.4 Å². The van der Waals surface area contributed by atoms with Gasteiger partial charge in [-0.2, -0.15) is 14.9 Å². The topological polar surface area (TPSA) is 64.4 Å². The minimum Gasteiger partial charge on any atom is -0.496 e. The smallest absolute Gasteiger partial charge is 0.216 e. The average molecular weight is 409 g/mol. The number of hydrogen-bond acceptors (Lipinski definition) is 5. The van der Waals surface area contributed by atoms with Crippen LogP contribution in [-0.2, 0) is 6.61 Å². The molecule has 0 aliphatic carbocycles. The second-order valence-electron chi connectivity index (χ2n) is 5.19. The van der Waals surface area contributed by atoms with Crippen molar-refractivity contribution >= 4 is 41.6 Å². The van der Waals surface area contributed by atoms with Crippen molar-refractivity contribution in [2.45, 2.75) is 6.61 Å². The number of nitrogens with one attached hydrogen (secondary N) is 1. The molecule has 1 N–H and O–H groups in total. The number of H-pyrrole nitrogens is 1. The molecule has 0 unspecified atom stereocenters. The van der Waals surface area contributed by atoms with Gasteiger partial charge in [-0.25, -0.2) is 0 Å². The molecule has 0 radical (unpaired) electrons. The molecule has 3 aromatic rings. The van der Waals surface area contributed by atoms with E-state index in [0.29, 0.717) is 26.3 Å². The Kier molecular flexibility index (Phi) is 5.92. The Morgan fingerprint density at radius 2 is 2.04 bits per heavy atom. The number of rotatable bonds is 6. The lowest BCUT2D eigenvalue weighted by molar-refractivity contribution is 0.297. The van der Waals surface area contributed by atoms with Crippen molar-refractivity contribution in [3.05, 3.63) is 68.7 Å². The van der Waals surface area contributed by atoms with Crippen molar-refractivity contribution < 1.29 is 9.47 Å². The van der Waals surface area contributed by atoms with Crippen molar-refractivity contribution in [1.29, 1.82) is 0 Å². The van der Waals surface area contributed by atoms with Crippen molar-refractivity contribution in [3.8, 4) is 11.5 Å². The Morgan fingerprint density at radius 3 is 2.73 bits per heavy atom. The number of aromatic nitrogens is 3. The first-order chi connectivity index (χ1) is 12.6. The standard InChI is InChI=1S/C17H14Cl2N4O2S/c1-24-15-4-2-11(8-21-23-10-20-22-17(23)26)6-12(15)9-25-16-5-3-13(18)7-14(16)19/h2-8,10H,9H2,1H3,(H,22,26)/b21-8-. The van der Waals surface area contributed by atoms with Crippen molar-refractivity contribution in [1.82, 2.24) is 14.9 Å². The second-order valence-corrected chi connectivity index (χ2v) is 6.42. The van der Waals surface area contributed by atoms with Crippen LogP contribution in [0.2, 0.25) is 10.0 Å². The van der Waals surface area contributed by atoms with Gasteiger partial charge in [-0.3, -0.25) is 5.10 Å². The summed E-state index contributed by atoms with van der Waals surface area (Å²) in [5.41, 5.74) is 1.70. The third kappa shape index (κ3) is 4.43. The van der Waals surface area contributed by atoms with Gasteiger partial charge in [0.15, 0.2) is 0 Å². The maximum Gasteiger partial charge on any atom is 0.216 e. The van der Waals surface area contributed by atoms with Crippen molar-refractivity contribution in [3.63, 3.8) is 0 Å². The van der Waals surface area contributed by atoms with E-state index in [1.807, 2.05) is 18.2 Å². The molecule has 0 spiro atoms. The van der Waals surface area contributed by atoms with Crippen LogP contribution < -0.4 is 9.47 Å². The summed E-state index contributed by atoms with van der Waals surface area (Å²) in [5, 5.41) is 11.7. The van der Waals surface area contributed by atoms with E-state index >= 15 is 0 Å². The number of methoxy groups -OCH3 is 1. The fourth-order valence-corrected chi connectivity index (χ4v) is 2.80. The summed E-state index contributed by atoms with van der Waals surface area (Å²) in [6.45, 7) is 0.275. The van der Waals surface area contributed by atoms with Gasteiger partial charge in [0, 0.05) is 10.6 Å². The summed E-state index contributed by atoms with van der Waals surface area (Å²) in [5.74, 6) is 1.24. The Morgan fingerprint density at radius 1 is 1.23 bits per heavy atom. The van der Waals surface area contributed by atoms with E-state index < -0.39 is 0 Å². The molecule has 1 heterocycles. The Balaban J connectivity index is 1.80. The quantitative estimate of drug-likeness (QED) is 0.473. The summed E-state index contributed by atoms with van der Waals surface area (Å²) in [7, 11) is 1.60.